The molecule has 1 atom stereocenters. The van der Waals surface area contributed by atoms with Crippen LogP contribution in [0.1, 0.15) is 38.7 Å². The third-order valence-corrected chi connectivity index (χ3v) is 2.26. The quantitative estimate of drug-likeness (QED) is 0.750. The lowest BCUT2D eigenvalue weighted by atomic mass is 10.0. The van der Waals surface area contributed by atoms with Gasteiger partial charge in [0, 0.05) is 0 Å². The van der Waals surface area contributed by atoms with Crippen LogP contribution >= 0.6 is 0 Å². The molecule has 0 saturated heterocycles. The van der Waals surface area contributed by atoms with E-state index in [-0.39, 0.29) is 6.10 Å². The topological polar surface area (TPSA) is 33.0 Å². The maximum Gasteiger partial charge on any atom is 0.119 e. The third kappa shape index (κ3) is 3.63. The van der Waals surface area contributed by atoms with E-state index in [0.717, 1.165) is 5.75 Å². The smallest absolute Gasteiger partial charge is 0.119 e. The predicted octanol–water partition coefficient (Wildman–Crippen LogP) is 3.49. The van der Waals surface area contributed by atoms with Gasteiger partial charge in [-0.05, 0) is 30.5 Å². The van der Waals surface area contributed by atoms with Crippen molar-refractivity contribution in [3.63, 3.8) is 0 Å². The van der Waals surface area contributed by atoms with E-state index in [4.69, 9.17) is 10.00 Å². The Morgan fingerprint density at radius 3 is 2.27 bits per heavy atom. The van der Waals surface area contributed by atoms with Crippen molar-refractivity contribution in [2.45, 2.75) is 39.2 Å². The van der Waals surface area contributed by atoms with Crippen LogP contribution in [0.5, 0.6) is 5.75 Å². The maximum atomic E-state index is 8.50. The van der Waals surface area contributed by atoms with Crippen LogP contribution in [0.4, 0.5) is 0 Å². The lowest BCUT2D eigenvalue weighted by molar-refractivity contribution is 0.227. The Morgan fingerprint density at radius 1 is 1.20 bits per heavy atom. The molecule has 0 saturated carbocycles. The van der Waals surface area contributed by atoms with Crippen molar-refractivity contribution in [3.05, 3.63) is 29.8 Å². The Morgan fingerprint density at radius 2 is 1.80 bits per heavy atom. The first-order valence-corrected chi connectivity index (χ1v) is 5.27. The van der Waals surface area contributed by atoms with Gasteiger partial charge in [-0.3, -0.25) is 0 Å². The number of benzene rings is 1. The Kier molecular flexibility index (Phi) is 4.17. The standard InChI is InChI=1S/C13H17NO/c1-10(2)12-4-6-13(7-5-12)15-11(3)8-9-14/h4-7,10-11H,8H2,1-3H3. The van der Waals surface area contributed by atoms with Crippen LogP contribution in [-0.2, 0) is 0 Å². The molecule has 1 rings (SSSR count). The molecular weight excluding hydrogens is 186 g/mol. The summed E-state index contributed by atoms with van der Waals surface area (Å²) in [6.07, 6.45) is 0.381. The SMILES string of the molecule is CC(CC#N)Oc1ccc(C(C)C)cc1. The highest BCUT2D eigenvalue weighted by Crippen LogP contribution is 2.19. The second-order valence-electron chi connectivity index (χ2n) is 4.01. The molecule has 0 N–H and O–H groups in total. The van der Waals surface area contributed by atoms with E-state index < -0.39 is 0 Å². The van der Waals surface area contributed by atoms with E-state index in [1.165, 1.54) is 5.56 Å². The average Bonchev–Trinajstić information content (AvgIpc) is 2.18. The molecule has 0 fully saturated rings. The summed E-state index contributed by atoms with van der Waals surface area (Å²) >= 11 is 0. The summed E-state index contributed by atoms with van der Waals surface area (Å²) in [4.78, 5) is 0. The van der Waals surface area contributed by atoms with Crippen LogP contribution in [-0.4, -0.2) is 6.10 Å². The Hall–Kier alpha value is -1.49. The van der Waals surface area contributed by atoms with Gasteiger partial charge in [-0.15, -0.1) is 0 Å². The molecule has 2 nitrogen and oxygen atoms in total. The molecule has 0 aromatic heterocycles. The lowest BCUT2D eigenvalue weighted by Crippen LogP contribution is -2.10. The highest BCUT2D eigenvalue weighted by molar-refractivity contribution is 5.29. The molecule has 0 spiro atoms. The van der Waals surface area contributed by atoms with Crippen LogP contribution in [0.2, 0.25) is 0 Å². The van der Waals surface area contributed by atoms with E-state index in [1.807, 2.05) is 19.1 Å². The minimum absolute atomic E-state index is 0.0418. The summed E-state index contributed by atoms with van der Waals surface area (Å²) in [5.41, 5.74) is 1.30. The minimum atomic E-state index is -0.0418. The molecule has 1 aromatic rings. The first-order valence-electron chi connectivity index (χ1n) is 5.27. The van der Waals surface area contributed by atoms with Crippen LogP contribution in [0.3, 0.4) is 0 Å². The zero-order valence-electron chi connectivity index (χ0n) is 9.53. The molecule has 0 aliphatic carbocycles. The Labute approximate surface area is 91.5 Å². The number of nitriles is 1. The van der Waals surface area contributed by atoms with Gasteiger partial charge in [0.25, 0.3) is 0 Å². The largest absolute Gasteiger partial charge is 0.490 e. The zero-order chi connectivity index (χ0) is 11.3. The van der Waals surface area contributed by atoms with E-state index in [0.29, 0.717) is 12.3 Å². The van der Waals surface area contributed by atoms with Gasteiger partial charge < -0.3 is 4.74 Å². The van der Waals surface area contributed by atoms with Gasteiger partial charge in [-0.2, -0.15) is 5.26 Å². The number of hydrogen-bond acceptors (Lipinski definition) is 2. The molecule has 0 amide bonds. The summed E-state index contributed by atoms with van der Waals surface area (Å²) in [6.45, 7) is 6.22. The second-order valence-corrected chi connectivity index (χ2v) is 4.01. The van der Waals surface area contributed by atoms with Gasteiger partial charge in [-0.1, -0.05) is 26.0 Å². The summed E-state index contributed by atoms with van der Waals surface area (Å²) < 4.78 is 5.57. The van der Waals surface area contributed by atoms with E-state index in [9.17, 15) is 0 Å². The molecule has 0 bridgehead atoms. The number of rotatable bonds is 4. The van der Waals surface area contributed by atoms with Gasteiger partial charge in [-0.25, -0.2) is 0 Å². The van der Waals surface area contributed by atoms with Gasteiger partial charge in [0.1, 0.15) is 11.9 Å². The molecule has 80 valence electrons. The van der Waals surface area contributed by atoms with Crippen molar-refractivity contribution >= 4 is 0 Å². The molecule has 1 unspecified atom stereocenters. The maximum absolute atomic E-state index is 8.50. The van der Waals surface area contributed by atoms with Crippen LogP contribution < -0.4 is 4.74 Å². The minimum Gasteiger partial charge on any atom is -0.490 e. The first-order chi connectivity index (χ1) is 7.13. The van der Waals surface area contributed by atoms with Gasteiger partial charge >= 0.3 is 0 Å². The summed E-state index contributed by atoms with van der Waals surface area (Å²) in [7, 11) is 0. The predicted molar refractivity (Wildman–Crippen MR) is 60.9 cm³/mol. The average molecular weight is 203 g/mol. The molecule has 2 heteroatoms. The fraction of sp³-hybridized carbons (Fsp3) is 0.462. The highest BCUT2D eigenvalue weighted by atomic mass is 16.5. The van der Waals surface area contributed by atoms with E-state index in [1.54, 1.807) is 0 Å². The first kappa shape index (κ1) is 11.6. The molecule has 0 heterocycles. The summed E-state index contributed by atoms with van der Waals surface area (Å²) in [6, 6.07) is 10.2. The van der Waals surface area contributed by atoms with Crippen LogP contribution in [0.15, 0.2) is 24.3 Å². The summed E-state index contributed by atoms with van der Waals surface area (Å²) in [5, 5.41) is 8.50. The van der Waals surface area contributed by atoms with Crippen molar-refractivity contribution < 1.29 is 4.74 Å². The molecule has 1 aromatic carbocycles. The van der Waals surface area contributed by atoms with Gasteiger partial charge in [0.2, 0.25) is 0 Å². The monoisotopic (exact) mass is 203 g/mol. The van der Waals surface area contributed by atoms with E-state index >= 15 is 0 Å². The fourth-order valence-electron chi connectivity index (χ4n) is 1.33. The molecular formula is C13H17NO. The highest BCUT2D eigenvalue weighted by Gasteiger charge is 2.03. The van der Waals surface area contributed by atoms with Crippen molar-refractivity contribution in [1.82, 2.24) is 0 Å². The zero-order valence-corrected chi connectivity index (χ0v) is 9.53. The molecule has 0 radical (unpaired) electrons. The van der Waals surface area contributed by atoms with Crippen molar-refractivity contribution in [3.8, 4) is 11.8 Å². The second kappa shape index (κ2) is 5.41. The fourth-order valence-corrected chi connectivity index (χ4v) is 1.33. The third-order valence-electron chi connectivity index (χ3n) is 2.26. The van der Waals surface area contributed by atoms with Crippen LogP contribution in [0, 0.1) is 11.3 Å². The van der Waals surface area contributed by atoms with Gasteiger partial charge in [0.15, 0.2) is 0 Å². The number of hydrogen-bond donors (Lipinski definition) is 0. The molecule has 15 heavy (non-hydrogen) atoms. The number of ether oxygens (including phenoxy) is 1. The molecule has 0 aliphatic rings. The van der Waals surface area contributed by atoms with Crippen molar-refractivity contribution in [2.75, 3.05) is 0 Å². The Bertz CT molecular complexity index is 335. The summed E-state index contributed by atoms with van der Waals surface area (Å²) in [5.74, 6) is 1.37. The van der Waals surface area contributed by atoms with Crippen molar-refractivity contribution in [1.29, 1.82) is 5.26 Å². The van der Waals surface area contributed by atoms with Crippen molar-refractivity contribution in [2.24, 2.45) is 0 Å². The normalized spacial score (nSPS) is 12.2. The van der Waals surface area contributed by atoms with E-state index in [2.05, 4.69) is 32.0 Å². The lowest BCUT2D eigenvalue weighted by Gasteiger charge is -2.12. The van der Waals surface area contributed by atoms with Gasteiger partial charge in [0.05, 0.1) is 12.5 Å². The molecule has 0 aliphatic heterocycles. The number of nitrogens with zero attached hydrogens (tertiary/aromatic N) is 1. The van der Waals surface area contributed by atoms with Crippen LogP contribution in [0.25, 0.3) is 0 Å². The Balaban J connectivity index is 2.61.